The lowest BCUT2D eigenvalue weighted by molar-refractivity contribution is -0.552. The van der Waals surface area contributed by atoms with E-state index in [2.05, 4.69) is 5.28 Å². The van der Waals surface area contributed by atoms with E-state index in [9.17, 15) is 5.21 Å². The Morgan fingerprint density at radius 2 is 2.50 bits per heavy atom. The van der Waals surface area contributed by atoms with Crippen molar-refractivity contribution in [1.29, 1.82) is 0 Å². The molecule has 0 aromatic heterocycles. The second kappa shape index (κ2) is 2.44. The van der Waals surface area contributed by atoms with Gasteiger partial charge < -0.3 is 10.4 Å². The van der Waals surface area contributed by atoms with Gasteiger partial charge in [-0.25, -0.2) is 0 Å². The quantitative estimate of drug-likeness (QED) is 0.287. The summed E-state index contributed by atoms with van der Waals surface area (Å²) in [5, 5.41) is 19.5. The van der Waals surface area contributed by atoms with Crippen molar-refractivity contribution in [3.8, 4) is 0 Å². The number of rotatable bonds is 1. The third-order valence-electron chi connectivity index (χ3n) is 0.370. The van der Waals surface area contributed by atoms with Crippen molar-refractivity contribution in [1.82, 2.24) is 0 Å². The highest BCUT2D eigenvalue weighted by molar-refractivity contribution is 4.00. The van der Waals surface area contributed by atoms with E-state index in [1.807, 2.05) is 0 Å². The molecular weight excluding hydrogens is 84.0 g/mol. The normalized spacial score (nSPS) is 11.8. The van der Waals surface area contributed by atoms with Crippen LogP contribution >= 0.6 is 0 Å². The topological polar surface area (TPSA) is 58.7 Å². The predicted molar refractivity (Wildman–Crippen MR) is 18.4 cm³/mol. The van der Waals surface area contributed by atoms with Gasteiger partial charge >= 0.3 is 0 Å². The van der Waals surface area contributed by atoms with E-state index in [4.69, 9.17) is 5.21 Å². The fourth-order valence-corrected chi connectivity index (χ4v) is 0.0632. The number of hydrogen-bond donors (Lipinski definition) is 1. The van der Waals surface area contributed by atoms with Gasteiger partial charge in [0.2, 0.25) is 0 Å². The molecule has 6 heavy (non-hydrogen) atoms. The van der Waals surface area contributed by atoms with Gasteiger partial charge in [0.25, 0.3) is 0 Å². The van der Waals surface area contributed by atoms with Crippen LogP contribution in [0.3, 0.4) is 0 Å². The van der Waals surface area contributed by atoms with Crippen LogP contribution in [0.5, 0.6) is 0 Å². The van der Waals surface area contributed by atoms with E-state index in [0.29, 0.717) is 0 Å². The second-order valence-electron chi connectivity index (χ2n) is 0.758. The molecule has 0 saturated heterocycles. The van der Waals surface area contributed by atoms with E-state index in [1.54, 1.807) is 6.92 Å². The molecule has 0 radical (unpaired) electrons. The highest BCUT2D eigenvalue weighted by Gasteiger charge is 1.78. The highest BCUT2D eigenvalue weighted by atomic mass is 16.6. The van der Waals surface area contributed by atoms with Crippen molar-refractivity contribution in [3.63, 3.8) is 0 Å². The van der Waals surface area contributed by atoms with Gasteiger partial charge in [0.15, 0.2) is 11.8 Å². The minimum atomic E-state index is 0.181. The zero-order valence-electron chi connectivity index (χ0n) is 3.46. The van der Waals surface area contributed by atoms with Gasteiger partial charge in [-0.15, -0.1) is 0 Å². The Morgan fingerprint density at radius 1 is 2.00 bits per heavy atom. The van der Waals surface area contributed by atoms with Crippen LogP contribution in [0.4, 0.5) is 0 Å². The van der Waals surface area contributed by atoms with Crippen molar-refractivity contribution < 1.29 is 10.1 Å². The van der Waals surface area contributed by atoms with Crippen LogP contribution in [-0.4, -0.2) is 16.6 Å². The third-order valence-corrected chi connectivity index (χ3v) is 0.370. The summed E-state index contributed by atoms with van der Waals surface area (Å²) >= 11 is 0. The molecule has 0 aliphatic carbocycles. The molecule has 0 saturated carbocycles. The zero-order chi connectivity index (χ0) is 4.99. The smallest absolute Gasteiger partial charge is 0.197 e. The van der Waals surface area contributed by atoms with Gasteiger partial charge in [-0.05, 0) is 6.92 Å². The fourth-order valence-electron chi connectivity index (χ4n) is 0.0632. The lowest BCUT2D eigenvalue weighted by Gasteiger charge is -1.86. The largest absolute Gasteiger partial charge is 0.597 e. The monoisotopic (exact) mass is 90.0 g/mol. The Balaban J connectivity index is 3.22. The molecule has 0 aliphatic heterocycles. The Kier molecular flexibility index (Phi) is 2.11. The minimum Gasteiger partial charge on any atom is -0.597 e. The van der Waals surface area contributed by atoms with Crippen LogP contribution in [-0.2, 0) is 0 Å². The van der Waals surface area contributed by atoms with Crippen molar-refractivity contribution in [2.75, 3.05) is 6.54 Å². The molecule has 0 aromatic rings. The summed E-state index contributed by atoms with van der Waals surface area (Å²) in [7, 11) is 0. The average molecular weight is 90.1 g/mol. The molecule has 0 aromatic carbocycles. The van der Waals surface area contributed by atoms with E-state index >= 15 is 0 Å². The Morgan fingerprint density at radius 3 is 2.50 bits per heavy atom. The first-order valence-corrected chi connectivity index (χ1v) is 1.61. The molecule has 1 N–H and O–H groups in total. The van der Waals surface area contributed by atoms with Crippen molar-refractivity contribution in [3.05, 3.63) is 5.21 Å². The highest BCUT2D eigenvalue weighted by Crippen LogP contribution is 1.65. The molecule has 0 heterocycles. The van der Waals surface area contributed by atoms with Crippen LogP contribution in [0, 0.1) is 5.21 Å². The van der Waals surface area contributed by atoms with E-state index in [-0.39, 0.29) is 11.4 Å². The maximum absolute atomic E-state index is 9.68. The van der Waals surface area contributed by atoms with Crippen LogP contribution in [0.2, 0.25) is 0 Å². The van der Waals surface area contributed by atoms with Gasteiger partial charge in [-0.1, -0.05) is 4.86 Å². The maximum atomic E-state index is 9.68. The SMILES string of the molecule is CC/[N+]([O-])=N/O. The van der Waals surface area contributed by atoms with Crippen molar-refractivity contribution >= 4 is 0 Å². The van der Waals surface area contributed by atoms with Gasteiger partial charge in [0, 0.05) is 0 Å². The van der Waals surface area contributed by atoms with Gasteiger partial charge in [0.1, 0.15) is 0 Å². The van der Waals surface area contributed by atoms with Gasteiger partial charge in [-0.2, -0.15) is 0 Å². The van der Waals surface area contributed by atoms with Gasteiger partial charge in [0.05, 0.1) is 0 Å². The molecule has 0 amide bonds. The molecule has 0 bridgehead atoms. The second-order valence-corrected chi connectivity index (χ2v) is 0.758. The molecule has 4 nitrogen and oxygen atoms in total. The van der Waals surface area contributed by atoms with Crippen LogP contribution in [0.1, 0.15) is 6.92 Å². The zero-order valence-corrected chi connectivity index (χ0v) is 3.46. The molecule has 4 heteroatoms. The lowest BCUT2D eigenvalue weighted by Crippen LogP contribution is -1.95. The summed E-state index contributed by atoms with van der Waals surface area (Å²) in [6, 6.07) is 0. The fraction of sp³-hybridized carbons (Fsp3) is 1.00. The standard InChI is InChI=1S/C2H6N2O2/c1-2-4(6)3-5/h5H,2H2,1H3/b4-3-. The Bertz CT molecular complexity index is 60.6. The Labute approximate surface area is 35.3 Å². The first-order valence-electron chi connectivity index (χ1n) is 1.61. The van der Waals surface area contributed by atoms with Crippen LogP contribution in [0.15, 0.2) is 5.28 Å². The molecule has 0 fully saturated rings. The molecule has 0 spiro atoms. The van der Waals surface area contributed by atoms with Crippen molar-refractivity contribution in [2.24, 2.45) is 5.28 Å². The number of nitrogens with zero attached hydrogens (tertiary/aromatic N) is 2. The van der Waals surface area contributed by atoms with Crippen LogP contribution in [0.25, 0.3) is 0 Å². The first kappa shape index (κ1) is 5.20. The van der Waals surface area contributed by atoms with Gasteiger partial charge in [-0.3, -0.25) is 0 Å². The third kappa shape index (κ3) is 1.51. The molecule has 0 rings (SSSR count). The molecule has 0 aliphatic rings. The summed E-state index contributed by atoms with van der Waals surface area (Å²) in [6.07, 6.45) is 0. The average Bonchev–Trinajstić information content (AvgIpc) is 1.65. The number of hydrogen-bond acceptors (Lipinski definition) is 2. The summed E-state index contributed by atoms with van der Waals surface area (Å²) in [4.78, 5) is 0.181. The summed E-state index contributed by atoms with van der Waals surface area (Å²) in [5.41, 5.74) is 0. The predicted octanol–water partition coefficient (Wildman–Crippen LogP) is 0.358. The van der Waals surface area contributed by atoms with Crippen molar-refractivity contribution in [2.45, 2.75) is 6.92 Å². The summed E-state index contributed by atoms with van der Waals surface area (Å²) in [6.45, 7) is 1.78. The Hall–Kier alpha value is -0.800. The van der Waals surface area contributed by atoms with E-state index < -0.39 is 0 Å². The molecule has 0 atom stereocenters. The minimum absolute atomic E-state index is 0.181. The molecule has 0 unspecified atom stereocenters. The van der Waals surface area contributed by atoms with E-state index in [0.717, 1.165) is 0 Å². The molecule has 36 valence electrons. The molecular formula is C2H6N2O2. The first-order chi connectivity index (χ1) is 2.81. The van der Waals surface area contributed by atoms with E-state index in [1.165, 1.54) is 0 Å². The van der Waals surface area contributed by atoms with Crippen LogP contribution < -0.4 is 0 Å². The number of hydroxylamine groups is 1. The summed E-state index contributed by atoms with van der Waals surface area (Å²) in [5.74, 6) is 0. The lowest BCUT2D eigenvalue weighted by atomic mass is 10.8. The maximum Gasteiger partial charge on any atom is 0.197 e. The summed E-state index contributed by atoms with van der Waals surface area (Å²) < 4.78 is 0.